The second-order valence-electron chi connectivity index (χ2n) is 8.56. The molecule has 5 rings (SSSR count). The summed E-state index contributed by atoms with van der Waals surface area (Å²) in [5.74, 6) is -1.85. The van der Waals surface area contributed by atoms with Gasteiger partial charge in [0.1, 0.15) is 6.04 Å². The Morgan fingerprint density at radius 1 is 1.00 bits per heavy atom. The molecule has 4 aliphatic rings. The van der Waals surface area contributed by atoms with Crippen LogP contribution < -0.4 is 10.6 Å². The van der Waals surface area contributed by atoms with Gasteiger partial charge in [-0.05, 0) is 49.9 Å². The molecular weight excluding hydrogens is 372 g/mol. The molecule has 8 heteroatoms. The molecule has 3 saturated heterocycles. The topological polar surface area (TPSA) is 98.8 Å². The van der Waals surface area contributed by atoms with Gasteiger partial charge in [0.2, 0.25) is 11.8 Å². The minimum absolute atomic E-state index is 0.125. The molecule has 0 bridgehead atoms. The highest BCUT2D eigenvalue weighted by atomic mass is 16.2. The van der Waals surface area contributed by atoms with Gasteiger partial charge in [0.25, 0.3) is 11.8 Å². The van der Waals surface area contributed by atoms with Crippen LogP contribution in [-0.2, 0) is 16.1 Å². The summed E-state index contributed by atoms with van der Waals surface area (Å²) in [6.07, 6.45) is 3.83. The number of nitrogens with zero attached hydrogens (tertiary/aromatic N) is 2. The fourth-order valence-corrected chi connectivity index (χ4v) is 4.92. The van der Waals surface area contributed by atoms with E-state index in [0.29, 0.717) is 16.7 Å². The summed E-state index contributed by atoms with van der Waals surface area (Å²) in [5, 5.41) is 5.78. The van der Waals surface area contributed by atoms with Crippen LogP contribution in [0, 0.1) is 0 Å². The summed E-state index contributed by atoms with van der Waals surface area (Å²) in [6.45, 7) is 3.88. The second kappa shape index (κ2) is 6.74. The molecule has 1 atom stereocenters. The number of rotatable bonds is 3. The van der Waals surface area contributed by atoms with Gasteiger partial charge in [0.15, 0.2) is 0 Å². The van der Waals surface area contributed by atoms with Crippen molar-refractivity contribution < 1.29 is 19.2 Å². The summed E-state index contributed by atoms with van der Waals surface area (Å²) in [4.78, 5) is 52.6. The average molecular weight is 396 g/mol. The van der Waals surface area contributed by atoms with Gasteiger partial charge in [-0.25, -0.2) is 0 Å². The summed E-state index contributed by atoms with van der Waals surface area (Å²) < 4.78 is 0. The molecule has 0 saturated carbocycles. The maximum Gasteiger partial charge on any atom is 0.262 e. The van der Waals surface area contributed by atoms with E-state index in [-0.39, 0.29) is 18.7 Å². The van der Waals surface area contributed by atoms with Crippen LogP contribution in [0.15, 0.2) is 18.2 Å². The predicted molar refractivity (Wildman–Crippen MR) is 103 cm³/mol. The maximum atomic E-state index is 12.9. The molecule has 3 fully saturated rings. The van der Waals surface area contributed by atoms with Crippen molar-refractivity contribution in [2.75, 3.05) is 19.6 Å². The van der Waals surface area contributed by atoms with Gasteiger partial charge in [-0.1, -0.05) is 6.07 Å². The van der Waals surface area contributed by atoms with E-state index in [1.807, 2.05) is 6.07 Å². The molecule has 8 nitrogen and oxygen atoms in total. The molecular formula is C21H24N4O4. The van der Waals surface area contributed by atoms with Gasteiger partial charge < -0.3 is 5.32 Å². The molecule has 1 spiro atoms. The van der Waals surface area contributed by atoms with E-state index < -0.39 is 23.8 Å². The molecule has 152 valence electrons. The zero-order chi connectivity index (χ0) is 20.2. The highest BCUT2D eigenvalue weighted by Crippen LogP contribution is 2.32. The molecule has 4 amide bonds. The standard InChI is InChI=1S/C21H24N4O4/c26-17-4-3-16(18(27)23-17)25-19(28)14-2-1-13(11-15(14)20(25)29)12-24-9-6-21(7-10-24)5-8-22-21/h1-2,11,16,22H,3-10,12H2,(H,23,26,27). The third-order valence-corrected chi connectivity index (χ3v) is 6.83. The number of carbonyl (C=O) groups is 4. The van der Waals surface area contributed by atoms with Gasteiger partial charge in [-0.3, -0.25) is 34.3 Å². The number of likely N-dealkylation sites (tertiary alicyclic amines) is 1. The Morgan fingerprint density at radius 3 is 2.38 bits per heavy atom. The van der Waals surface area contributed by atoms with Gasteiger partial charge in [-0.2, -0.15) is 0 Å². The number of nitrogens with one attached hydrogen (secondary N) is 2. The van der Waals surface area contributed by atoms with Gasteiger partial charge in [0, 0.05) is 31.6 Å². The largest absolute Gasteiger partial charge is 0.311 e. The van der Waals surface area contributed by atoms with Crippen LogP contribution in [0.25, 0.3) is 0 Å². The van der Waals surface area contributed by atoms with E-state index >= 15 is 0 Å². The number of fused-ring (bicyclic) bond motifs is 1. The Morgan fingerprint density at radius 2 is 1.72 bits per heavy atom. The van der Waals surface area contributed by atoms with E-state index in [9.17, 15) is 19.2 Å². The first-order chi connectivity index (χ1) is 14.0. The molecule has 4 aliphatic heterocycles. The molecule has 1 unspecified atom stereocenters. The average Bonchev–Trinajstić information content (AvgIpc) is 2.92. The van der Waals surface area contributed by atoms with E-state index in [0.717, 1.165) is 49.5 Å². The Labute approximate surface area is 168 Å². The zero-order valence-electron chi connectivity index (χ0n) is 16.2. The lowest BCUT2D eigenvalue weighted by atomic mass is 9.79. The maximum absolute atomic E-state index is 12.9. The highest BCUT2D eigenvalue weighted by molar-refractivity contribution is 6.23. The molecule has 1 aromatic rings. The number of hydrogen-bond donors (Lipinski definition) is 2. The fraction of sp³-hybridized carbons (Fsp3) is 0.524. The quantitative estimate of drug-likeness (QED) is 0.719. The van der Waals surface area contributed by atoms with Crippen LogP contribution in [0.4, 0.5) is 0 Å². The summed E-state index contributed by atoms with van der Waals surface area (Å²) in [7, 11) is 0. The molecule has 0 aliphatic carbocycles. The first kappa shape index (κ1) is 18.4. The number of amides is 4. The van der Waals surface area contributed by atoms with Crippen LogP contribution in [0.5, 0.6) is 0 Å². The predicted octanol–water partition coefficient (Wildman–Crippen LogP) is 0.416. The second-order valence-corrected chi connectivity index (χ2v) is 8.56. The molecule has 1 aromatic carbocycles. The number of piperidine rings is 2. The SMILES string of the molecule is O=C1CCC(N2C(=O)c3ccc(CN4CCC5(CCN5)CC4)cc3C2=O)C(=O)N1. The third-order valence-electron chi connectivity index (χ3n) is 6.83. The molecule has 4 heterocycles. The van der Waals surface area contributed by atoms with E-state index in [4.69, 9.17) is 0 Å². The van der Waals surface area contributed by atoms with Crippen molar-refractivity contribution in [3.8, 4) is 0 Å². The minimum Gasteiger partial charge on any atom is -0.311 e. The molecule has 2 N–H and O–H groups in total. The first-order valence-corrected chi connectivity index (χ1v) is 10.3. The number of benzene rings is 1. The normalized spacial score (nSPS) is 26.5. The third kappa shape index (κ3) is 3.07. The smallest absolute Gasteiger partial charge is 0.262 e. The monoisotopic (exact) mass is 396 g/mol. The van der Waals surface area contributed by atoms with Crippen molar-refractivity contribution in [2.24, 2.45) is 0 Å². The Bertz CT molecular complexity index is 913. The van der Waals surface area contributed by atoms with Crippen molar-refractivity contribution in [2.45, 2.75) is 50.2 Å². The van der Waals surface area contributed by atoms with E-state index in [1.54, 1.807) is 12.1 Å². The lowest BCUT2D eigenvalue weighted by molar-refractivity contribution is -0.136. The zero-order valence-corrected chi connectivity index (χ0v) is 16.2. The van der Waals surface area contributed by atoms with Crippen molar-refractivity contribution in [1.29, 1.82) is 0 Å². The Kier molecular flexibility index (Phi) is 4.29. The van der Waals surface area contributed by atoms with Gasteiger partial charge in [0.05, 0.1) is 11.1 Å². The van der Waals surface area contributed by atoms with Gasteiger partial charge in [-0.15, -0.1) is 0 Å². The summed E-state index contributed by atoms with van der Waals surface area (Å²) in [5.41, 5.74) is 2.03. The first-order valence-electron chi connectivity index (χ1n) is 10.3. The number of imide groups is 2. The number of carbonyl (C=O) groups excluding carboxylic acids is 4. The van der Waals surface area contributed by atoms with Crippen molar-refractivity contribution in [1.82, 2.24) is 20.4 Å². The number of hydrogen-bond acceptors (Lipinski definition) is 6. The lowest BCUT2D eigenvalue weighted by Crippen LogP contribution is -2.61. The molecule has 0 radical (unpaired) electrons. The van der Waals surface area contributed by atoms with Crippen molar-refractivity contribution in [3.05, 3.63) is 34.9 Å². The Balaban J connectivity index is 1.30. The van der Waals surface area contributed by atoms with Crippen LogP contribution in [0.3, 0.4) is 0 Å². The minimum atomic E-state index is -0.920. The fourth-order valence-electron chi connectivity index (χ4n) is 4.92. The highest BCUT2D eigenvalue weighted by Gasteiger charge is 2.45. The van der Waals surface area contributed by atoms with E-state index in [2.05, 4.69) is 15.5 Å². The van der Waals surface area contributed by atoms with Crippen LogP contribution in [-0.4, -0.2) is 64.6 Å². The van der Waals surface area contributed by atoms with Crippen LogP contribution in [0.1, 0.15) is 58.4 Å². The Hall–Kier alpha value is -2.58. The van der Waals surface area contributed by atoms with Crippen molar-refractivity contribution >= 4 is 23.6 Å². The van der Waals surface area contributed by atoms with Crippen LogP contribution >= 0.6 is 0 Å². The van der Waals surface area contributed by atoms with Crippen LogP contribution in [0.2, 0.25) is 0 Å². The summed E-state index contributed by atoms with van der Waals surface area (Å²) >= 11 is 0. The van der Waals surface area contributed by atoms with E-state index in [1.165, 1.54) is 6.42 Å². The summed E-state index contributed by atoms with van der Waals surface area (Å²) in [6, 6.07) is 4.45. The lowest BCUT2D eigenvalue weighted by Gasteiger charge is -2.49. The van der Waals surface area contributed by atoms with Crippen molar-refractivity contribution in [3.63, 3.8) is 0 Å². The molecule has 0 aromatic heterocycles. The molecule has 29 heavy (non-hydrogen) atoms. The van der Waals surface area contributed by atoms with Gasteiger partial charge >= 0.3 is 0 Å².